The van der Waals surface area contributed by atoms with Gasteiger partial charge in [-0.15, -0.1) is 0 Å². The highest BCUT2D eigenvalue weighted by Crippen LogP contribution is 2.44. The van der Waals surface area contributed by atoms with Crippen molar-refractivity contribution >= 4 is 26.6 Å². The number of carbonyl (C=O) groups is 1. The number of hydrogen-bond donors (Lipinski definition) is 2. The van der Waals surface area contributed by atoms with Gasteiger partial charge in [0.2, 0.25) is 5.75 Å². The van der Waals surface area contributed by atoms with E-state index in [1.165, 1.54) is 12.1 Å². The summed E-state index contributed by atoms with van der Waals surface area (Å²) in [7, 11) is -10.2. The first-order valence-corrected chi connectivity index (χ1v) is 9.64. The van der Waals surface area contributed by atoms with E-state index in [1.807, 2.05) is 0 Å². The second-order valence-corrected chi connectivity index (χ2v) is 7.47. The smallest absolute Gasteiger partial charge is 0.437 e. The van der Waals surface area contributed by atoms with Crippen LogP contribution in [0.1, 0.15) is 15.9 Å². The summed E-state index contributed by atoms with van der Waals surface area (Å²) in [5.74, 6) is -3.11. The maximum Gasteiger partial charge on any atom is 0.466 e. The number of ether oxygens (including phenoxy) is 1. The normalized spacial score (nSPS) is 17.1. The molecule has 1 aliphatic rings. The van der Waals surface area contributed by atoms with Crippen LogP contribution in [0.25, 0.3) is 0 Å². The zero-order chi connectivity index (χ0) is 19.8. The number of fused-ring (bicyclic) bond motifs is 1. The highest BCUT2D eigenvalue weighted by atomic mass is 32.3. The second kappa shape index (κ2) is 6.79. The molecule has 2 aromatic carbocycles. The molecule has 11 nitrogen and oxygen atoms in total. The van der Waals surface area contributed by atoms with Crippen molar-refractivity contribution in [1.29, 1.82) is 0 Å². The molecule has 0 unspecified atom stereocenters. The third kappa shape index (κ3) is 4.17. The molecule has 0 saturated carbocycles. The summed E-state index contributed by atoms with van der Waals surface area (Å²) in [5.41, 5.74) is -0.206. The van der Waals surface area contributed by atoms with Crippen LogP contribution in [0, 0.1) is 0 Å². The van der Waals surface area contributed by atoms with Gasteiger partial charge in [-0.25, -0.2) is 0 Å². The first kappa shape index (κ1) is 19.1. The van der Waals surface area contributed by atoms with Gasteiger partial charge in [-0.05, 0) is 12.1 Å². The van der Waals surface area contributed by atoms with Crippen LogP contribution in [0.3, 0.4) is 0 Å². The van der Waals surface area contributed by atoms with E-state index in [0.29, 0.717) is 0 Å². The van der Waals surface area contributed by atoms with Crippen molar-refractivity contribution in [3.05, 3.63) is 53.6 Å². The van der Waals surface area contributed by atoms with Gasteiger partial charge in [0.25, 0.3) is 0 Å². The van der Waals surface area contributed by atoms with Crippen LogP contribution in [0.5, 0.6) is 17.2 Å². The molecule has 2 N–H and O–H groups in total. The van der Waals surface area contributed by atoms with E-state index >= 15 is 0 Å². The van der Waals surface area contributed by atoms with Crippen LogP contribution in [-0.2, 0) is 24.4 Å². The van der Waals surface area contributed by atoms with E-state index in [0.717, 1.165) is 12.1 Å². The maximum atomic E-state index is 12.7. The standard InChI is InChI=1S/C14H10O11S2/c15-11(8-4-2-1-3-5-8)9-6-7-10-13(12(9)22-14(16)17)24-27(20,21)25-26(18,19)23-10/h1-7,14,16-17H. The molecule has 0 amide bonds. The zero-order valence-electron chi connectivity index (χ0n) is 13.0. The van der Waals surface area contributed by atoms with Crippen molar-refractivity contribution in [2.45, 2.75) is 6.48 Å². The van der Waals surface area contributed by atoms with Gasteiger partial charge in [-0.1, -0.05) is 34.0 Å². The van der Waals surface area contributed by atoms with Crippen molar-refractivity contribution in [3.8, 4) is 17.2 Å². The van der Waals surface area contributed by atoms with Gasteiger partial charge in [0.15, 0.2) is 17.3 Å². The molecular formula is C14H10O11S2. The lowest BCUT2D eigenvalue weighted by atomic mass is 10.0. The molecule has 0 saturated heterocycles. The summed E-state index contributed by atoms with van der Waals surface area (Å²) in [5, 5.41) is 18.2. The summed E-state index contributed by atoms with van der Waals surface area (Å²) in [6.07, 6.45) is 0. The van der Waals surface area contributed by atoms with Gasteiger partial charge in [-0.3, -0.25) is 4.79 Å². The third-order valence-corrected chi connectivity index (χ3v) is 5.21. The van der Waals surface area contributed by atoms with E-state index in [9.17, 15) is 21.6 Å². The SMILES string of the molecule is O=C(c1ccccc1)c1ccc2c(c1OC(O)O)OS(=O)(=O)OS(=O)(=O)O2. The second-order valence-electron chi connectivity index (χ2n) is 4.96. The Labute approximate surface area is 153 Å². The first-order chi connectivity index (χ1) is 12.6. The lowest BCUT2D eigenvalue weighted by Crippen LogP contribution is -2.19. The Morgan fingerprint density at radius 1 is 0.926 bits per heavy atom. The molecule has 13 heteroatoms. The van der Waals surface area contributed by atoms with Gasteiger partial charge in [0.1, 0.15) is 0 Å². The minimum Gasteiger partial charge on any atom is -0.437 e. The Kier molecular flexibility index (Phi) is 4.79. The lowest BCUT2D eigenvalue weighted by Gasteiger charge is -2.16. The van der Waals surface area contributed by atoms with Crippen LogP contribution >= 0.6 is 0 Å². The van der Waals surface area contributed by atoms with Gasteiger partial charge < -0.3 is 23.3 Å². The lowest BCUT2D eigenvalue weighted by molar-refractivity contribution is -0.180. The molecule has 0 spiro atoms. The van der Waals surface area contributed by atoms with Crippen molar-refractivity contribution in [2.24, 2.45) is 0 Å². The Bertz CT molecular complexity index is 1090. The molecule has 0 aliphatic carbocycles. The highest BCUT2D eigenvalue weighted by Gasteiger charge is 2.37. The molecule has 0 aromatic heterocycles. The molecule has 3 rings (SSSR count). The monoisotopic (exact) mass is 418 g/mol. The molecule has 0 bridgehead atoms. The molecule has 2 aromatic rings. The Morgan fingerprint density at radius 2 is 1.56 bits per heavy atom. The average molecular weight is 418 g/mol. The fourth-order valence-electron chi connectivity index (χ4n) is 2.18. The average Bonchev–Trinajstić information content (AvgIpc) is 2.66. The van der Waals surface area contributed by atoms with Crippen LogP contribution in [0.2, 0.25) is 0 Å². The molecule has 0 radical (unpaired) electrons. The predicted octanol–water partition coefficient (Wildman–Crippen LogP) is -0.158. The van der Waals surface area contributed by atoms with Crippen molar-refractivity contribution < 1.29 is 48.6 Å². The fraction of sp³-hybridized carbons (Fsp3) is 0.0714. The molecule has 0 fully saturated rings. The van der Waals surface area contributed by atoms with Crippen molar-refractivity contribution in [3.63, 3.8) is 0 Å². The van der Waals surface area contributed by atoms with E-state index in [2.05, 4.69) is 16.7 Å². The Morgan fingerprint density at radius 3 is 2.19 bits per heavy atom. The largest absolute Gasteiger partial charge is 0.466 e. The number of carbonyl (C=O) groups excluding carboxylic acids is 1. The summed E-state index contributed by atoms with van der Waals surface area (Å²) in [6, 6.07) is 9.59. The number of aliphatic hydroxyl groups excluding tert-OH is 1. The third-order valence-electron chi connectivity index (χ3n) is 3.12. The summed E-state index contributed by atoms with van der Waals surface area (Å²) < 4.78 is 63.7. The minimum absolute atomic E-state index is 0.149. The number of ketones is 1. The first-order valence-electron chi connectivity index (χ1n) is 6.97. The minimum atomic E-state index is -5.17. The number of benzene rings is 2. The topological polar surface area (TPSA) is 163 Å². The van der Waals surface area contributed by atoms with Crippen molar-refractivity contribution in [1.82, 2.24) is 0 Å². The maximum absolute atomic E-state index is 12.7. The van der Waals surface area contributed by atoms with Gasteiger partial charge in [-0.2, -0.15) is 16.8 Å². The van der Waals surface area contributed by atoms with Gasteiger partial charge in [0.05, 0.1) is 5.56 Å². The molecule has 27 heavy (non-hydrogen) atoms. The van der Waals surface area contributed by atoms with Crippen LogP contribution in [-0.4, -0.2) is 39.3 Å². The fourth-order valence-corrected chi connectivity index (χ4v) is 3.93. The number of hydrogen-bond acceptors (Lipinski definition) is 11. The van der Waals surface area contributed by atoms with E-state index in [4.69, 9.17) is 10.2 Å². The summed E-state index contributed by atoms with van der Waals surface area (Å²) in [6.45, 7) is -2.49. The van der Waals surface area contributed by atoms with E-state index < -0.39 is 50.3 Å². The molecule has 1 aliphatic heterocycles. The van der Waals surface area contributed by atoms with Gasteiger partial charge >= 0.3 is 27.3 Å². The van der Waals surface area contributed by atoms with Gasteiger partial charge in [0, 0.05) is 5.56 Å². The van der Waals surface area contributed by atoms with Crippen LogP contribution in [0.4, 0.5) is 0 Å². The summed E-state index contributed by atoms with van der Waals surface area (Å²) >= 11 is 0. The van der Waals surface area contributed by atoms with E-state index in [-0.39, 0.29) is 11.1 Å². The quantitative estimate of drug-likeness (QED) is 0.501. The van der Waals surface area contributed by atoms with Crippen LogP contribution < -0.4 is 13.1 Å². The van der Waals surface area contributed by atoms with Crippen LogP contribution in [0.15, 0.2) is 42.5 Å². The molecule has 144 valence electrons. The Hall–Kier alpha value is -2.71. The van der Waals surface area contributed by atoms with E-state index in [1.54, 1.807) is 18.2 Å². The molecule has 0 atom stereocenters. The predicted molar refractivity (Wildman–Crippen MR) is 85.4 cm³/mol. The summed E-state index contributed by atoms with van der Waals surface area (Å²) in [4.78, 5) is 12.7. The van der Waals surface area contributed by atoms with Crippen molar-refractivity contribution in [2.75, 3.05) is 0 Å². The molecular weight excluding hydrogens is 408 g/mol. The Balaban J connectivity index is 2.23. The number of aliphatic hydroxyl groups is 2. The zero-order valence-corrected chi connectivity index (χ0v) is 14.6. The number of rotatable bonds is 4. The highest BCUT2D eigenvalue weighted by molar-refractivity contribution is 7.95. The molecule has 1 heterocycles.